The molecule has 0 fully saturated rings. The lowest BCUT2D eigenvalue weighted by Gasteiger charge is -1.99. The maximum atomic E-state index is 12.8. The summed E-state index contributed by atoms with van der Waals surface area (Å²) in [6, 6.07) is 4.21. The fraction of sp³-hybridized carbons (Fsp3) is 0.250. The third kappa shape index (κ3) is 1.99. The molecule has 11 heavy (non-hydrogen) atoms. The second-order valence-electron chi connectivity index (χ2n) is 2.15. The average Bonchev–Trinajstić information content (AvgIpc) is 1.99. The van der Waals surface area contributed by atoms with Gasteiger partial charge in [0.1, 0.15) is 0 Å². The summed E-state index contributed by atoms with van der Waals surface area (Å²) in [4.78, 5) is 0. The van der Waals surface area contributed by atoms with Gasteiger partial charge in [-0.25, -0.2) is 8.78 Å². The Morgan fingerprint density at radius 1 is 1.27 bits per heavy atom. The number of hydrogen-bond acceptors (Lipinski definition) is 0. The molecule has 0 saturated heterocycles. The Kier molecular flexibility index (Phi) is 3.00. The van der Waals surface area contributed by atoms with E-state index in [9.17, 15) is 8.78 Å². The van der Waals surface area contributed by atoms with E-state index in [-0.39, 0.29) is 0 Å². The normalized spacial score (nSPS) is 10.1. The monoisotopic (exact) mass is 220 g/mol. The van der Waals surface area contributed by atoms with Crippen molar-refractivity contribution in [1.29, 1.82) is 0 Å². The van der Waals surface area contributed by atoms with Crippen LogP contribution in [0.2, 0.25) is 0 Å². The van der Waals surface area contributed by atoms with E-state index in [2.05, 4.69) is 15.9 Å². The van der Waals surface area contributed by atoms with E-state index in [0.29, 0.717) is 17.3 Å². The second-order valence-corrected chi connectivity index (χ2v) is 2.94. The molecule has 0 unspecified atom stereocenters. The minimum Gasteiger partial charge on any atom is -0.204 e. The topological polar surface area (TPSA) is 0 Å². The highest BCUT2D eigenvalue weighted by atomic mass is 79.9. The Morgan fingerprint density at radius 2 is 2.00 bits per heavy atom. The summed E-state index contributed by atoms with van der Waals surface area (Å²) in [7, 11) is 0. The zero-order valence-corrected chi connectivity index (χ0v) is 7.37. The molecular formula is C8H7BrF2. The average molecular weight is 221 g/mol. The molecule has 0 nitrogen and oxygen atoms in total. The van der Waals surface area contributed by atoms with Crippen molar-refractivity contribution in [3.8, 4) is 0 Å². The van der Waals surface area contributed by atoms with Gasteiger partial charge in [-0.2, -0.15) is 0 Å². The summed E-state index contributed by atoms with van der Waals surface area (Å²) in [6.45, 7) is 0. The van der Waals surface area contributed by atoms with Crippen molar-refractivity contribution in [3.05, 3.63) is 35.4 Å². The maximum Gasteiger partial charge on any atom is 0.162 e. The highest BCUT2D eigenvalue weighted by Crippen LogP contribution is 2.12. The third-order valence-corrected chi connectivity index (χ3v) is 1.79. The van der Waals surface area contributed by atoms with Crippen LogP contribution in [0.3, 0.4) is 0 Å². The third-order valence-electron chi connectivity index (χ3n) is 1.40. The van der Waals surface area contributed by atoms with Gasteiger partial charge in [0.05, 0.1) is 0 Å². The molecule has 0 atom stereocenters. The number of rotatable bonds is 2. The van der Waals surface area contributed by atoms with E-state index in [1.54, 1.807) is 6.07 Å². The molecular weight excluding hydrogens is 214 g/mol. The zero-order valence-electron chi connectivity index (χ0n) is 5.78. The van der Waals surface area contributed by atoms with Crippen LogP contribution in [0.5, 0.6) is 0 Å². The first-order valence-corrected chi connectivity index (χ1v) is 4.36. The smallest absolute Gasteiger partial charge is 0.162 e. The van der Waals surface area contributed by atoms with Crippen LogP contribution < -0.4 is 0 Å². The van der Waals surface area contributed by atoms with Crippen LogP contribution in [0.25, 0.3) is 0 Å². The fourth-order valence-corrected chi connectivity index (χ4v) is 1.27. The van der Waals surface area contributed by atoms with E-state index in [1.165, 1.54) is 6.07 Å². The van der Waals surface area contributed by atoms with E-state index >= 15 is 0 Å². The minimum atomic E-state index is -0.775. The molecule has 0 aliphatic heterocycles. The van der Waals surface area contributed by atoms with Crippen molar-refractivity contribution >= 4 is 15.9 Å². The Bertz CT molecular complexity index is 248. The summed E-state index contributed by atoms with van der Waals surface area (Å²) in [5.74, 6) is -1.50. The van der Waals surface area contributed by atoms with Gasteiger partial charge in [-0.05, 0) is 18.1 Å². The fourth-order valence-electron chi connectivity index (χ4n) is 0.843. The molecule has 0 heterocycles. The van der Waals surface area contributed by atoms with Gasteiger partial charge in [-0.15, -0.1) is 0 Å². The largest absolute Gasteiger partial charge is 0.204 e. The second kappa shape index (κ2) is 3.81. The van der Waals surface area contributed by atoms with Crippen LogP contribution in [0.1, 0.15) is 5.56 Å². The SMILES string of the molecule is Fc1cccc(CCBr)c1F. The number of halogens is 3. The van der Waals surface area contributed by atoms with Gasteiger partial charge in [-0.1, -0.05) is 28.1 Å². The van der Waals surface area contributed by atoms with Crippen molar-refractivity contribution in [3.63, 3.8) is 0 Å². The van der Waals surface area contributed by atoms with Gasteiger partial charge in [0.25, 0.3) is 0 Å². The summed E-state index contributed by atoms with van der Waals surface area (Å²) in [5.41, 5.74) is 0.418. The number of hydrogen-bond donors (Lipinski definition) is 0. The Hall–Kier alpha value is -0.440. The lowest BCUT2D eigenvalue weighted by atomic mass is 10.1. The first-order chi connectivity index (χ1) is 5.25. The van der Waals surface area contributed by atoms with Crippen molar-refractivity contribution in [2.24, 2.45) is 0 Å². The Morgan fingerprint density at radius 3 is 2.64 bits per heavy atom. The molecule has 0 aliphatic carbocycles. The highest BCUT2D eigenvalue weighted by Gasteiger charge is 2.05. The standard InChI is InChI=1S/C8H7BrF2/c9-5-4-6-2-1-3-7(10)8(6)11/h1-3H,4-5H2. The lowest BCUT2D eigenvalue weighted by Crippen LogP contribution is -1.94. The molecule has 1 rings (SSSR count). The van der Waals surface area contributed by atoms with Gasteiger partial charge in [-0.3, -0.25) is 0 Å². The molecule has 0 aromatic heterocycles. The van der Waals surface area contributed by atoms with Gasteiger partial charge in [0.2, 0.25) is 0 Å². The molecule has 1 aromatic carbocycles. The van der Waals surface area contributed by atoms with Crippen molar-refractivity contribution in [2.75, 3.05) is 5.33 Å². The minimum absolute atomic E-state index is 0.418. The quantitative estimate of drug-likeness (QED) is 0.673. The summed E-state index contributed by atoms with van der Waals surface area (Å²) in [5, 5.41) is 0.646. The summed E-state index contributed by atoms with van der Waals surface area (Å²) < 4.78 is 25.3. The first kappa shape index (κ1) is 8.65. The van der Waals surface area contributed by atoms with E-state index < -0.39 is 11.6 Å². The molecule has 1 aromatic rings. The van der Waals surface area contributed by atoms with Crippen LogP contribution in [-0.4, -0.2) is 5.33 Å². The molecule has 0 saturated carbocycles. The van der Waals surface area contributed by atoms with Crippen LogP contribution in [0.15, 0.2) is 18.2 Å². The highest BCUT2D eigenvalue weighted by molar-refractivity contribution is 9.09. The van der Waals surface area contributed by atoms with Crippen molar-refractivity contribution in [2.45, 2.75) is 6.42 Å². The van der Waals surface area contributed by atoms with Gasteiger partial charge in [0.15, 0.2) is 11.6 Å². The van der Waals surface area contributed by atoms with Gasteiger partial charge >= 0.3 is 0 Å². The van der Waals surface area contributed by atoms with Crippen molar-refractivity contribution < 1.29 is 8.78 Å². The Labute approximate surface area is 72.4 Å². The lowest BCUT2D eigenvalue weighted by molar-refractivity contribution is 0.500. The summed E-state index contributed by atoms with van der Waals surface area (Å²) in [6.07, 6.45) is 0.517. The molecule has 0 spiro atoms. The van der Waals surface area contributed by atoms with Crippen LogP contribution in [0.4, 0.5) is 8.78 Å². The maximum absolute atomic E-state index is 12.8. The van der Waals surface area contributed by atoms with Gasteiger partial charge in [0, 0.05) is 5.33 Å². The van der Waals surface area contributed by atoms with Crippen LogP contribution in [-0.2, 0) is 6.42 Å². The predicted octanol–water partition coefficient (Wildman–Crippen LogP) is 2.90. The number of benzene rings is 1. The van der Waals surface area contributed by atoms with E-state index in [4.69, 9.17) is 0 Å². The molecule has 0 bridgehead atoms. The Balaban J connectivity index is 2.96. The van der Waals surface area contributed by atoms with Crippen LogP contribution in [0, 0.1) is 11.6 Å². The summed E-state index contributed by atoms with van der Waals surface area (Å²) >= 11 is 3.16. The van der Waals surface area contributed by atoms with E-state index in [0.717, 1.165) is 6.07 Å². The zero-order chi connectivity index (χ0) is 8.27. The molecule has 0 aliphatic rings. The molecule has 60 valence electrons. The predicted molar refractivity (Wildman–Crippen MR) is 43.9 cm³/mol. The number of aryl methyl sites for hydroxylation is 1. The molecule has 0 amide bonds. The van der Waals surface area contributed by atoms with E-state index in [1.807, 2.05) is 0 Å². The first-order valence-electron chi connectivity index (χ1n) is 3.24. The molecule has 0 N–H and O–H groups in total. The van der Waals surface area contributed by atoms with Gasteiger partial charge < -0.3 is 0 Å². The van der Waals surface area contributed by atoms with Crippen molar-refractivity contribution in [1.82, 2.24) is 0 Å². The molecule has 0 radical (unpaired) electrons. The molecule has 3 heteroatoms. The van der Waals surface area contributed by atoms with Crippen LogP contribution >= 0.6 is 15.9 Å². The number of alkyl halides is 1.